The summed E-state index contributed by atoms with van der Waals surface area (Å²) in [6.45, 7) is 0. The summed E-state index contributed by atoms with van der Waals surface area (Å²) in [4.78, 5) is 15.6. The highest BCUT2D eigenvalue weighted by Gasteiger charge is 2.23. The maximum Gasteiger partial charge on any atom is 0.159 e. The van der Waals surface area contributed by atoms with E-state index in [-0.39, 0.29) is 6.17 Å². The molecule has 0 fully saturated rings. The van der Waals surface area contributed by atoms with Crippen LogP contribution in [0.25, 0.3) is 73.6 Å². The topological polar surface area (TPSA) is 49.6 Å². The largest absolute Gasteiger partial charge is 0.344 e. The van der Waals surface area contributed by atoms with Crippen LogP contribution < -0.4 is 5.32 Å². The van der Waals surface area contributed by atoms with Gasteiger partial charge in [0.15, 0.2) is 5.84 Å². The van der Waals surface area contributed by atoms with Crippen LogP contribution in [0, 0.1) is 0 Å². The molecule has 6 heteroatoms. The van der Waals surface area contributed by atoms with Crippen LogP contribution in [0.1, 0.15) is 22.9 Å². The van der Waals surface area contributed by atoms with Crippen molar-refractivity contribution in [1.82, 2.24) is 10.3 Å². The zero-order valence-electron chi connectivity index (χ0n) is 28.9. The van der Waals surface area contributed by atoms with Crippen LogP contribution in [0.5, 0.6) is 0 Å². The zero-order valence-corrected chi connectivity index (χ0v) is 30.5. The summed E-state index contributed by atoms with van der Waals surface area (Å²) >= 11 is 3.64. The van der Waals surface area contributed by atoms with E-state index in [1.807, 2.05) is 28.7 Å². The van der Waals surface area contributed by atoms with Gasteiger partial charge in [0.25, 0.3) is 0 Å². The number of rotatable bonds is 5. The highest BCUT2D eigenvalue weighted by Crippen LogP contribution is 2.41. The molecular weight excluding hydrogens is 697 g/mol. The number of thiophene rings is 2. The zero-order chi connectivity index (χ0) is 35.6. The van der Waals surface area contributed by atoms with Crippen molar-refractivity contribution in [1.29, 1.82) is 0 Å². The standard InChI is InChI=1S/C48H30N4S2/c1-2-11-32(12-3-1)46-50-47(52-48(51-46)39-18-10-17-36-34-13-6-8-19-40(34)53-44(36)39)33-27-23-30(24-28-33)29-21-25-31(26-22-29)42-35-14-4-5-15-37(35)45-43(49-42)38-16-7-9-20-41(38)54-45/h1-28,46H,(H,50,51,52). The third kappa shape index (κ3) is 5.14. The normalized spacial score (nSPS) is 14.5. The van der Waals surface area contributed by atoms with Gasteiger partial charge in [0, 0.05) is 57.7 Å². The van der Waals surface area contributed by atoms with Gasteiger partial charge in [0.05, 0.1) is 15.9 Å². The number of amidine groups is 2. The number of aromatic nitrogens is 1. The number of benzene rings is 7. The summed E-state index contributed by atoms with van der Waals surface area (Å²) in [5.41, 5.74) is 8.64. The first-order valence-corrected chi connectivity index (χ1v) is 19.7. The molecule has 1 atom stereocenters. The molecule has 54 heavy (non-hydrogen) atoms. The number of pyridine rings is 1. The van der Waals surface area contributed by atoms with Crippen LogP contribution in [0.2, 0.25) is 0 Å². The summed E-state index contributed by atoms with van der Waals surface area (Å²) in [5.74, 6) is 1.55. The highest BCUT2D eigenvalue weighted by atomic mass is 32.1. The Morgan fingerprint density at radius 1 is 0.444 bits per heavy atom. The predicted molar refractivity (Wildman–Crippen MR) is 230 cm³/mol. The van der Waals surface area contributed by atoms with Gasteiger partial charge in [-0.05, 0) is 34.9 Å². The van der Waals surface area contributed by atoms with Gasteiger partial charge in [-0.25, -0.2) is 15.0 Å². The van der Waals surface area contributed by atoms with Crippen molar-refractivity contribution in [2.45, 2.75) is 6.17 Å². The lowest BCUT2D eigenvalue weighted by Gasteiger charge is -2.24. The summed E-state index contributed by atoms with van der Waals surface area (Å²) in [6, 6.07) is 60.2. The van der Waals surface area contributed by atoms with Crippen molar-refractivity contribution in [3.8, 4) is 22.4 Å². The van der Waals surface area contributed by atoms with Crippen molar-refractivity contribution in [3.63, 3.8) is 0 Å². The first-order valence-electron chi connectivity index (χ1n) is 18.0. The molecule has 0 saturated carbocycles. The minimum absolute atomic E-state index is 0.262. The maximum absolute atomic E-state index is 5.29. The van der Waals surface area contributed by atoms with Gasteiger partial charge in [0.2, 0.25) is 0 Å². The molecule has 7 aromatic carbocycles. The molecule has 4 nitrogen and oxygen atoms in total. The molecule has 1 N–H and O–H groups in total. The van der Waals surface area contributed by atoms with Crippen LogP contribution in [0.15, 0.2) is 180 Å². The molecule has 3 aromatic heterocycles. The highest BCUT2D eigenvalue weighted by molar-refractivity contribution is 7.26. The van der Waals surface area contributed by atoms with Crippen molar-refractivity contribution in [2.24, 2.45) is 9.98 Å². The van der Waals surface area contributed by atoms with Crippen molar-refractivity contribution in [3.05, 3.63) is 187 Å². The number of hydrogen-bond acceptors (Lipinski definition) is 6. The molecule has 0 spiro atoms. The van der Waals surface area contributed by atoms with Crippen LogP contribution in [-0.4, -0.2) is 16.7 Å². The van der Waals surface area contributed by atoms with Crippen LogP contribution in [0.3, 0.4) is 0 Å². The lowest BCUT2D eigenvalue weighted by Crippen LogP contribution is -2.33. The molecule has 4 heterocycles. The van der Waals surface area contributed by atoms with Gasteiger partial charge in [-0.15, -0.1) is 22.7 Å². The van der Waals surface area contributed by atoms with Crippen LogP contribution in [-0.2, 0) is 0 Å². The smallest absolute Gasteiger partial charge is 0.159 e. The molecule has 11 rings (SSSR count). The van der Waals surface area contributed by atoms with E-state index in [0.29, 0.717) is 5.84 Å². The molecular formula is C48H30N4S2. The Kier molecular flexibility index (Phi) is 7.25. The molecule has 1 aliphatic heterocycles. The lowest BCUT2D eigenvalue weighted by atomic mass is 9.98. The monoisotopic (exact) mass is 726 g/mol. The molecule has 0 aliphatic carbocycles. The van der Waals surface area contributed by atoms with E-state index in [1.165, 1.54) is 45.7 Å². The van der Waals surface area contributed by atoms with E-state index in [1.54, 1.807) is 0 Å². The Morgan fingerprint density at radius 2 is 1.00 bits per heavy atom. The molecule has 1 unspecified atom stereocenters. The van der Waals surface area contributed by atoms with Gasteiger partial charge in [-0.2, -0.15) is 0 Å². The predicted octanol–water partition coefficient (Wildman–Crippen LogP) is 12.8. The van der Waals surface area contributed by atoms with Crippen molar-refractivity contribution >= 4 is 85.6 Å². The fourth-order valence-electron chi connectivity index (χ4n) is 7.69. The second kappa shape index (κ2) is 12.6. The van der Waals surface area contributed by atoms with E-state index >= 15 is 0 Å². The molecule has 0 bridgehead atoms. The van der Waals surface area contributed by atoms with E-state index in [4.69, 9.17) is 15.0 Å². The summed E-state index contributed by atoms with van der Waals surface area (Å²) in [5, 5.41) is 9.83. The van der Waals surface area contributed by atoms with Crippen LogP contribution >= 0.6 is 22.7 Å². The van der Waals surface area contributed by atoms with E-state index in [2.05, 4.69) is 169 Å². The Hall–Kier alpha value is -6.47. The molecule has 1 aliphatic rings. The fraction of sp³-hybridized carbons (Fsp3) is 0.0208. The molecule has 0 radical (unpaired) electrons. The van der Waals surface area contributed by atoms with Crippen molar-refractivity contribution < 1.29 is 0 Å². The summed E-state index contributed by atoms with van der Waals surface area (Å²) in [6.07, 6.45) is -0.262. The molecule has 0 amide bonds. The second-order valence-electron chi connectivity index (χ2n) is 13.6. The number of nitrogens with zero attached hydrogens (tertiary/aromatic N) is 3. The summed E-state index contributed by atoms with van der Waals surface area (Å²) < 4.78 is 5.01. The first-order chi connectivity index (χ1) is 26.7. The SMILES string of the molecule is c1ccc(C2N=C(c3ccc(-c4ccc(-c5nc6c7ccccc7sc6c6ccccc56)cc4)cc3)N=C(c3cccc4c3sc3ccccc34)N2)cc1. The van der Waals surface area contributed by atoms with Crippen LogP contribution in [0.4, 0.5) is 0 Å². The third-order valence-corrected chi connectivity index (χ3v) is 12.8. The van der Waals surface area contributed by atoms with Gasteiger partial charge in [0.1, 0.15) is 12.0 Å². The quantitative estimate of drug-likeness (QED) is 0.192. The first kappa shape index (κ1) is 31.1. The van der Waals surface area contributed by atoms with Gasteiger partial charge in [-0.1, -0.05) is 152 Å². The Balaban J connectivity index is 0.953. The van der Waals surface area contributed by atoms with Crippen molar-refractivity contribution in [2.75, 3.05) is 0 Å². The lowest BCUT2D eigenvalue weighted by molar-refractivity contribution is 0.674. The number of hydrogen-bond donors (Lipinski definition) is 1. The fourth-order valence-corrected chi connectivity index (χ4v) is 10.1. The Bertz CT molecular complexity index is 3120. The van der Waals surface area contributed by atoms with Gasteiger partial charge < -0.3 is 5.32 Å². The maximum atomic E-state index is 5.29. The Morgan fingerprint density at radius 3 is 1.76 bits per heavy atom. The molecule has 10 aromatic rings. The van der Waals surface area contributed by atoms with E-state index in [0.717, 1.165) is 50.4 Å². The average Bonchev–Trinajstić information content (AvgIpc) is 3.83. The molecule has 254 valence electrons. The number of nitrogens with one attached hydrogen (secondary N) is 1. The molecule has 0 saturated heterocycles. The Labute approximate surface area is 319 Å². The van der Waals surface area contributed by atoms with E-state index in [9.17, 15) is 0 Å². The number of aliphatic imine (C=N–C) groups is 2. The van der Waals surface area contributed by atoms with Gasteiger partial charge in [-0.3, -0.25) is 0 Å². The summed E-state index contributed by atoms with van der Waals surface area (Å²) in [7, 11) is 0. The number of fused-ring (bicyclic) bond motifs is 8. The minimum Gasteiger partial charge on any atom is -0.344 e. The average molecular weight is 727 g/mol. The van der Waals surface area contributed by atoms with E-state index < -0.39 is 0 Å². The minimum atomic E-state index is -0.262. The second-order valence-corrected chi connectivity index (χ2v) is 15.7. The van der Waals surface area contributed by atoms with Gasteiger partial charge >= 0.3 is 0 Å². The third-order valence-electron chi connectivity index (χ3n) is 10.4.